The molecule has 1 N–H and O–H groups in total. The molecule has 1 aromatic rings. The molecular formula is C23H35N4O3+. The molecule has 3 fully saturated rings. The van der Waals surface area contributed by atoms with Crippen molar-refractivity contribution >= 4 is 17.5 Å². The minimum Gasteiger partial charge on any atom is -0.619 e. The van der Waals surface area contributed by atoms with E-state index in [-0.39, 0.29) is 23.1 Å². The molecule has 30 heavy (non-hydrogen) atoms. The van der Waals surface area contributed by atoms with Crippen molar-refractivity contribution in [2.75, 3.05) is 44.2 Å². The Labute approximate surface area is 179 Å². The summed E-state index contributed by atoms with van der Waals surface area (Å²) >= 11 is 0. The van der Waals surface area contributed by atoms with E-state index in [1.807, 2.05) is 12.1 Å². The van der Waals surface area contributed by atoms with E-state index >= 15 is 0 Å². The van der Waals surface area contributed by atoms with E-state index in [4.69, 9.17) is 0 Å². The molecule has 3 aliphatic rings. The van der Waals surface area contributed by atoms with Gasteiger partial charge in [-0.3, -0.25) is 14.5 Å². The number of piperidine rings is 1. The maximum absolute atomic E-state index is 13.1. The van der Waals surface area contributed by atoms with Gasteiger partial charge in [0.15, 0.2) is 12.4 Å². The summed E-state index contributed by atoms with van der Waals surface area (Å²) in [5, 5.41) is 11.2. The lowest BCUT2D eigenvalue weighted by molar-refractivity contribution is -0.900. The highest BCUT2D eigenvalue weighted by Gasteiger charge is 2.64. The molecule has 1 aromatic heterocycles. The molecular weight excluding hydrogens is 380 g/mol. The van der Waals surface area contributed by atoms with Gasteiger partial charge in [-0.05, 0) is 31.1 Å². The molecule has 7 nitrogen and oxygen atoms in total. The van der Waals surface area contributed by atoms with Gasteiger partial charge in [0.1, 0.15) is 0 Å². The summed E-state index contributed by atoms with van der Waals surface area (Å²) in [6.45, 7) is 12.0. The van der Waals surface area contributed by atoms with Crippen molar-refractivity contribution in [1.82, 2.24) is 4.90 Å². The van der Waals surface area contributed by atoms with Gasteiger partial charge in [0.25, 0.3) is 0 Å². The minimum atomic E-state index is -0.393. The van der Waals surface area contributed by atoms with Crippen LogP contribution in [-0.2, 0) is 9.59 Å². The second-order valence-electron chi connectivity index (χ2n) is 10.1. The smallest absolute Gasteiger partial charge is 0.235 e. The molecule has 3 heterocycles. The summed E-state index contributed by atoms with van der Waals surface area (Å²) in [5.74, 6) is 0.102. The number of unbranched alkanes of at least 4 members (excludes halogenated alkanes) is 1. The van der Waals surface area contributed by atoms with E-state index in [2.05, 4.69) is 25.7 Å². The molecule has 1 saturated carbocycles. The third-order valence-corrected chi connectivity index (χ3v) is 8.29. The molecule has 2 bridgehead atoms. The second kappa shape index (κ2) is 7.84. The monoisotopic (exact) mass is 415 g/mol. The van der Waals surface area contributed by atoms with Gasteiger partial charge in [0.05, 0.1) is 38.1 Å². The molecule has 2 saturated heterocycles. The summed E-state index contributed by atoms with van der Waals surface area (Å²) in [7, 11) is 0. The Bertz CT molecular complexity index is 801. The Morgan fingerprint density at radius 2 is 1.80 bits per heavy atom. The number of amides is 2. The van der Waals surface area contributed by atoms with Crippen LogP contribution < -0.4 is 14.5 Å². The first-order valence-corrected chi connectivity index (χ1v) is 11.4. The van der Waals surface area contributed by atoms with Crippen LogP contribution in [0, 0.1) is 22.0 Å². The van der Waals surface area contributed by atoms with Crippen LogP contribution in [0.5, 0.6) is 0 Å². The molecule has 2 aliphatic heterocycles. The highest BCUT2D eigenvalue weighted by molar-refractivity contribution is 6.03. The molecule has 0 aromatic carbocycles. The van der Waals surface area contributed by atoms with E-state index in [0.717, 1.165) is 68.8 Å². The molecule has 4 rings (SSSR count). The number of fused-ring (bicyclic) bond motifs is 2. The molecule has 0 radical (unpaired) electrons. The number of likely N-dealkylation sites (tertiary alicyclic amines) is 1. The van der Waals surface area contributed by atoms with Crippen molar-refractivity contribution in [2.24, 2.45) is 16.7 Å². The van der Waals surface area contributed by atoms with Crippen LogP contribution in [0.25, 0.3) is 0 Å². The maximum Gasteiger partial charge on any atom is 0.235 e. The number of carbonyl (C=O) groups excluding carboxylic acids is 2. The molecule has 164 valence electrons. The fourth-order valence-corrected chi connectivity index (χ4v) is 5.70. The van der Waals surface area contributed by atoms with Gasteiger partial charge in [-0.2, -0.15) is 4.73 Å². The third-order valence-electron chi connectivity index (χ3n) is 8.29. The predicted molar refractivity (Wildman–Crippen MR) is 114 cm³/mol. The lowest BCUT2D eigenvalue weighted by atomic mass is 9.62. The lowest BCUT2D eigenvalue weighted by Gasteiger charge is -2.47. The number of quaternary nitrogens is 1. The highest BCUT2D eigenvalue weighted by Crippen LogP contribution is 2.60. The van der Waals surface area contributed by atoms with Gasteiger partial charge >= 0.3 is 0 Å². The predicted octanol–water partition coefficient (Wildman–Crippen LogP) is 0.616. The Morgan fingerprint density at radius 3 is 2.47 bits per heavy atom. The van der Waals surface area contributed by atoms with Gasteiger partial charge in [0, 0.05) is 30.3 Å². The molecule has 1 aliphatic carbocycles. The minimum absolute atomic E-state index is 0.00650. The number of carbonyl (C=O) groups is 2. The van der Waals surface area contributed by atoms with Gasteiger partial charge in [-0.15, -0.1) is 0 Å². The fourth-order valence-electron chi connectivity index (χ4n) is 5.70. The standard InChI is InChI=1S/C23H34N4O3/c1-22(2)19-6-9-23(22,3)21(29)27(20(19)28)11-5-4-10-24-14-16-25(17-15-24)18-7-12-26(30)13-8-18/h7-8,12-13,19H,4-6,9-11,14-17H2,1-3H3/p+1/t19-,23+/m1/s1. The highest BCUT2D eigenvalue weighted by atomic mass is 16.5. The van der Waals surface area contributed by atoms with Crippen LogP contribution in [0.3, 0.4) is 0 Å². The number of hydrogen-bond acceptors (Lipinski definition) is 4. The van der Waals surface area contributed by atoms with E-state index in [1.165, 1.54) is 0 Å². The molecule has 2 atom stereocenters. The van der Waals surface area contributed by atoms with E-state index in [0.29, 0.717) is 6.54 Å². The zero-order chi connectivity index (χ0) is 21.5. The summed E-state index contributed by atoms with van der Waals surface area (Å²) in [6.07, 6.45) is 6.68. The lowest BCUT2D eigenvalue weighted by Crippen LogP contribution is -3.14. The number of hydrogen-bond donors (Lipinski definition) is 1. The quantitative estimate of drug-likeness (QED) is 0.320. The topological polar surface area (TPSA) is 72.0 Å². The van der Waals surface area contributed by atoms with E-state index < -0.39 is 5.41 Å². The van der Waals surface area contributed by atoms with Gasteiger partial charge in [-0.1, -0.05) is 20.8 Å². The number of pyridine rings is 1. The van der Waals surface area contributed by atoms with Crippen LogP contribution in [0.1, 0.15) is 46.5 Å². The number of nitrogens with zero attached hydrogens (tertiary/aromatic N) is 3. The Morgan fingerprint density at radius 1 is 1.13 bits per heavy atom. The summed E-state index contributed by atoms with van der Waals surface area (Å²) in [6, 6.07) is 3.75. The molecule has 7 heteroatoms. The van der Waals surface area contributed by atoms with Crippen molar-refractivity contribution in [3.63, 3.8) is 0 Å². The summed E-state index contributed by atoms with van der Waals surface area (Å²) in [4.78, 5) is 31.5. The SMILES string of the molecule is CC1(C)[C@@H]2CC[C@@]1(C)C(=O)N(CCCC[NH+]1CCN(c3cc[n+]([O-])cc3)CC1)C2=O. The van der Waals surface area contributed by atoms with Crippen LogP contribution in [-0.4, -0.2) is 56.0 Å². The van der Waals surface area contributed by atoms with Crippen molar-refractivity contribution in [1.29, 1.82) is 0 Å². The summed E-state index contributed by atoms with van der Waals surface area (Å²) < 4.78 is 0.815. The van der Waals surface area contributed by atoms with Crippen LogP contribution in [0.2, 0.25) is 0 Å². The second-order valence-corrected chi connectivity index (χ2v) is 10.1. The van der Waals surface area contributed by atoms with Crippen LogP contribution in [0.4, 0.5) is 5.69 Å². The van der Waals surface area contributed by atoms with Crippen LogP contribution >= 0.6 is 0 Å². The number of imide groups is 1. The third kappa shape index (κ3) is 3.47. The molecule has 0 spiro atoms. The van der Waals surface area contributed by atoms with Crippen molar-refractivity contribution in [2.45, 2.75) is 46.5 Å². The average molecular weight is 416 g/mol. The van der Waals surface area contributed by atoms with Gasteiger partial charge in [0.2, 0.25) is 11.8 Å². The van der Waals surface area contributed by atoms with Gasteiger partial charge < -0.3 is 15.0 Å². The number of piperazine rings is 1. The number of rotatable bonds is 6. The zero-order valence-corrected chi connectivity index (χ0v) is 18.5. The molecule has 0 unspecified atom stereocenters. The first-order chi connectivity index (χ1) is 14.2. The van der Waals surface area contributed by atoms with Gasteiger partial charge in [-0.25, -0.2) is 0 Å². The van der Waals surface area contributed by atoms with E-state index in [1.54, 1.807) is 22.2 Å². The fraction of sp³-hybridized carbons (Fsp3) is 0.696. The maximum atomic E-state index is 13.1. The first kappa shape index (κ1) is 21.1. The number of aromatic nitrogens is 1. The van der Waals surface area contributed by atoms with Crippen molar-refractivity contribution < 1.29 is 19.2 Å². The van der Waals surface area contributed by atoms with Crippen molar-refractivity contribution in [3.8, 4) is 0 Å². The summed E-state index contributed by atoms with van der Waals surface area (Å²) in [5.41, 5.74) is 0.485. The van der Waals surface area contributed by atoms with Crippen LogP contribution in [0.15, 0.2) is 24.5 Å². The van der Waals surface area contributed by atoms with Crippen molar-refractivity contribution in [3.05, 3.63) is 29.7 Å². The normalized spacial score (nSPS) is 29.0. The molecule has 2 amide bonds. The Hall–Kier alpha value is -2.15. The largest absolute Gasteiger partial charge is 0.619 e. The number of nitrogens with one attached hydrogen (secondary N) is 1. The Kier molecular flexibility index (Phi) is 5.51. The first-order valence-electron chi connectivity index (χ1n) is 11.4. The number of anilines is 1. The van der Waals surface area contributed by atoms with E-state index in [9.17, 15) is 14.8 Å². The average Bonchev–Trinajstić information content (AvgIpc) is 2.92. The Balaban J connectivity index is 1.22. The zero-order valence-electron chi connectivity index (χ0n) is 18.5.